The van der Waals surface area contributed by atoms with E-state index >= 15 is 0 Å². The van der Waals surface area contributed by atoms with Crippen LogP contribution in [0.1, 0.15) is 29.1 Å². The summed E-state index contributed by atoms with van der Waals surface area (Å²) in [7, 11) is 0. The van der Waals surface area contributed by atoms with Crippen LogP contribution in [0.25, 0.3) is 11.0 Å². The third-order valence-corrected chi connectivity index (χ3v) is 3.65. The fourth-order valence-electron chi connectivity index (χ4n) is 2.39. The fourth-order valence-corrected chi connectivity index (χ4v) is 2.39. The number of carbonyl (C=O) groups is 1. The van der Waals surface area contributed by atoms with Gasteiger partial charge in [-0.05, 0) is 31.2 Å². The molecule has 0 saturated heterocycles. The number of para-hydroxylation sites is 1. The molecule has 3 rings (SSSR count). The molecule has 0 unspecified atom stereocenters. The monoisotopic (exact) mass is 326 g/mol. The first-order valence-electron chi connectivity index (χ1n) is 7.22. The number of nitrogens with zero attached hydrogens (tertiary/aromatic N) is 1. The lowest BCUT2D eigenvalue weighted by atomic mass is 10.1. The molecule has 1 amide bonds. The Morgan fingerprint density at radius 1 is 1.25 bits per heavy atom. The van der Waals surface area contributed by atoms with Crippen LogP contribution in [0, 0.1) is 10.1 Å². The van der Waals surface area contributed by atoms with Crippen LogP contribution >= 0.6 is 0 Å². The number of rotatable bonds is 4. The van der Waals surface area contributed by atoms with Crippen molar-refractivity contribution in [3.8, 4) is 5.75 Å². The molecule has 122 valence electrons. The maximum Gasteiger partial charge on any atom is 0.310 e. The van der Waals surface area contributed by atoms with Crippen LogP contribution in [0.5, 0.6) is 5.75 Å². The number of phenols is 1. The third kappa shape index (κ3) is 2.91. The summed E-state index contributed by atoms with van der Waals surface area (Å²) in [6.45, 7) is 1.76. The first kappa shape index (κ1) is 15.5. The summed E-state index contributed by atoms with van der Waals surface area (Å²) in [4.78, 5) is 22.2. The van der Waals surface area contributed by atoms with Crippen molar-refractivity contribution in [1.29, 1.82) is 0 Å². The Labute approximate surface area is 136 Å². The molecule has 1 aromatic heterocycles. The molecule has 0 aliphatic carbocycles. The summed E-state index contributed by atoms with van der Waals surface area (Å²) in [6, 6.07) is 12.4. The molecule has 24 heavy (non-hydrogen) atoms. The number of nitrogens with one attached hydrogen (secondary N) is 1. The largest absolute Gasteiger partial charge is 0.502 e. The van der Waals surface area contributed by atoms with Crippen molar-refractivity contribution < 1.29 is 19.2 Å². The van der Waals surface area contributed by atoms with Gasteiger partial charge in [0.15, 0.2) is 5.75 Å². The smallest absolute Gasteiger partial charge is 0.310 e. The number of hydrogen-bond donors (Lipinski definition) is 2. The number of aromatic hydroxyl groups is 1. The van der Waals surface area contributed by atoms with E-state index in [9.17, 15) is 20.0 Å². The van der Waals surface area contributed by atoms with Crippen LogP contribution in [-0.2, 0) is 0 Å². The van der Waals surface area contributed by atoms with Gasteiger partial charge in [-0.15, -0.1) is 0 Å². The first-order valence-corrected chi connectivity index (χ1v) is 7.22. The van der Waals surface area contributed by atoms with Crippen LogP contribution in [0.3, 0.4) is 0 Å². The number of nitro groups is 1. The van der Waals surface area contributed by atoms with Gasteiger partial charge in [-0.2, -0.15) is 0 Å². The predicted molar refractivity (Wildman–Crippen MR) is 86.9 cm³/mol. The first-order chi connectivity index (χ1) is 11.5. The third-order valence-electron chi connectivity index (χ3n) is 3.65. The zero-order valence-corrected chi connectivity index (χ0v) is 12.7. The molecule has 0 aliphatic heterocycles. The molecule has 7 nitrogen and oxygen atoms in total. The topological polar surface area (TPSA) is 106 Å². The lowest BCUT2D eigenvalue weighted by molar-refractivity contribution is -0.385. The molecule has 2 aromatic carbocycles. The Balaban J connectivity index is 1.78. The minimum absolute atomic E-state index is 0.126. The van der Waals surface area contributed by atoms with Crippen LogP contribution in [0.15, 0.2) is 52.9 Å². The van der Waals surface area contributed by atoms with Gasteiger partial charge in [-0.3, -0.25) is 14.9 Å². The van der Waals surface area contributed by atoms with Gasteiger partial charge in [-0.1, -0.05) is 18.2 Å². The predicted octanol–water partition coefficient (Wildman–Crippen LogP) is 3.54. The average Bonchev–Trinajstić information content (AvgIpc) is 2.98. The molecule has 0 aliphatic rings. The Morgan fingerprint density at radius 2 is 2.00 bits per heavy atom. The Bertz CT molecular complexity index is 899. The fraction of sp³-hybridized carbons (Fsp3) is 0.118. The van der Waals surface area contributed by atoms with Gasteiger partial charge in [0.2, 0.25) is 0 Å². The molecule has 1 atom stereocenters. The van der Waals surface area contributed by atoms with Crippen molar-refractivity contribution >= 4 is 22.6 Å². The van der Waals surface area contributed by atoms with Crippen molar-refractivity contribution in [1.82, 2.24) is 5.32 Å². The number of hydrogen-bond acceptors (Lipinski definition) is 5. The van der Waals surface area contributed by atoms with E-state index in [4.69, 9.17) is 4.42 Å². The number of phenolic OH excluding ortho intramolecular Hbond substituents is 1. The van der Waals surface area contributed by atoms with E-state index in [0.29, 0.717) is 5.76 Å². The summed E-state index contributed by atoms with van der Waals surface area (Å²) in [5, 5.41) is 24.0. The van der Waals surface area contributed by atoms with Crippen molar-refractivity contribution in [3.05, 3.63) is 70.0 Å². The van der Waals surface area contributed by atoms with E-state index in [-0.39, 0.29) is 5.56 Å². The highest BCUT2D eigenvalue weighted by atomic mass is 16.6. The van der Waals surface area contributed by atoms with E-state index in [2.05, 4.69) is 5.32 Å². The molecule has 0 fully saturated rings. The van der Waals surface area contributed by atoms with E-state index in [0.717, 1.165) is 23.1 Å². The van der Waals surface area contributed by atoms with Crippen molar-refractivity contribution in [3.63, 3.8) is 0 Å². The normalized spacial score (nSPS) is 12.0. The van der Waals surface area contributed by atoms with Gasteiger partial charge < -0.3 is 14.8 Å². The van der Waals surface area contributed by atoms with Gasteiger partial charge in [0.05, 0.1) is 11.0 Å². The van der Waals surface area contributed by atoms with Gasteiger partial charge >= 0.3 is 5.69 Å². The maximum absolute atomic E-state index is 12.2. The van der Waals surface area contributed by atoms with E-state index < -0.39 is 28.3 Å². The van der Waals surface area contributed by atoms with Crippen LogP contribution in [0.2, 0.25) is 0 Å². The Kier molecular flexibility index (Phi) is 3.91. The summed E-state index contributed by atoms with van der Waals surface area (Å²) in [5.41, 5.74) is 0.402. The molecule has 1 heterocycles. The molecule has 0 saturated carbocycles. The number of fused-ring (bicyclic) bond motifs is 1. The molecular formula is C17H14N2O5. The highest BCUT2D eigenvalue weighted by Gasteiger charge is 2.19. The number of amides is 1. The minimum Gasteiger partial charge on any atom is -0.502 e. The molecule has 0 spiro atoms. The Hall–Kier alpha value is -3.35. The van der Waals surface area contributed by atoms with Crippen LogP contribution < -0.4 is 5.32 Å². The van der Waals surface area contributed by atoms with E-state index in [1.54, 1.807) is 6.92 Å². The second-order valence-corrected chi connectivity index (χ2v) is 5.34. The molecule has 0 radical (unpaired) electrons. The summed E-state index contributed by atoms with van der Waals surface area (Å²) in [5.74, 6) is -0.423. The SMILES string of the molecule is C[C@H](NC(=O)c1ccc([N+](=O)[O-])c(O)c1)c1cc2ccccc2o1. The summed E-state index contributed by atoms with van der Waals surface area (Å²) >= 11 is 0. The Morgan fingerprint density at radius 3 is 2.67 bits per heavy atom. The maximum atomic E-state index is 12.2. The van der Waals surface area contributed by atoms with Crippen molar-refractivity contribution in [2.75, 3.05) is 0 Å². The highest BCUT2D eigenvalue weighted by Crippen LogP contribution is 2.27. The number of carbonyl (C=O) groups excluding carboxylic acids is 1. The van der Waals surface area contributed by atoms with Gasteiger partial charge in [0, 0.05) is 17.0 Å². The lowest BCUT2D eigenvalue weighted by Crippen LogP contribution is -2.26. The minimum atomic E-state index is -0.714. The van der Waals surface area contributed by atoms with Crippen molar-refractivity contribution in [2.45, 2.75) is 13.0 Å². The zero-order valence-electron chi connectivity index (χ0n) is 12.7. The summed E-state index contributed by atoms with van der Waals surface area (Å²) < 4.78 is 5.69. The van der Waals surface area contributed by atoms with Gasteiger partial charge in [0.25, 0.3) is 5.91 Å². The quantitative estimate of drug-likeness (QED) is 0.563. The second kappa shape index (κ2) is 6.04. The number of furan rings is 1. The summed E-state index contributed by atoms with van der Waals surface area (Å²) in [6.07, 6.45) is 0. The molecule has 3 aromatic rings. The van der Waals surface area contributed by atoms with Gasteiger partial charge in [0.1, 0.15) is 11.3 Å². The number of nitro benzene ring substituents is 1. The van der Waals surface area contributed by atoms with E-state index in [1.807, 2.05) is 30.3 Å². The lowest BCUT2D eigenvalue weighted by Gasteiger charge is -2.11. The second-order valence-electron chi connectivity index (χ2n) is 5.34. The average molecular weight is 326 g/mol. The molecule has 0 bridgehead atoms. The number of benzene rings is 2. The van der Waals surface area contributed by atoms with Gasteiger partial charge in [-0.25, -0.2) is 0 Å². The zero-order chi connectivity index (χ0) is 17.3. The molecular weight excluding hydrogens is 312 g/mol. The molecule has 2 N–H and O–H groups in total. The van der Waals surface area contributed by atoms with E-state index in [1.165, 1.54) is 6.07 Å². The van der Waals surface area contributed by atoms with Crippen LogP contribution in [0.4, 0.5) is 5.69 Å². The molecule has 7 heteroatoms. The van der Waals surface area contributed by atoms with Crippen LogP contribution in [-0.4, -0.2) is 15.9 Å². The highest BCUT2D eigenvalue weighted by molar-refractivity contribution is 5.95. The standard InChI is InChI=1S/C17H14N2O5/c1-10(16-9-11-4-2-3-5-15(11)24-16)18-17(21)12-6-7-13(19(22)23)14(20)8-12/h2-10,20H,1H3,(H,18,21)/t10-/m0/s1. The van der Waals surface area contributed by atoms with Crippen molar-refractivity contribution in [2.24, 2.45) is 0 Å².